The lowest BCUT2D eigenvalue weighted by Gasteiger charge is -2.35. The fraction of sp³-hybridized carbons (Fsp3) is 0.429. The van der Waals surface area contributed by atoms with Gasteiger partial charge in [0.25, 0.3) is 0 Å². The first-order valence-electron chi connectivity index (χ1n) is 7.19. The molecule has 1 aliphatic rings. The Balaban J connectivity index is 1.64. The zero-order valence-corrected chi connectivity index (χ0v) is 12.1. The van der Waals surface area contributed by atoms with Crippen LogP contribution in [0.25, 0.3) is 0 Å². The van der Waals surface area contributed by atoms with E-state index >= 15 is 0 Å². The first-order valence-corrected chi connectivity index (χ1v) is 7.19. The highest BCUT2D eigenvalue weighted by molar-refractivity contribution is 5.44. The van der Waals surface area contributed by atoms with Crippen molar-refractivity contribution in [2.24, 2.45) is 0 Å². The average molecular weight is 285 g/mol. The summed E-state index contributed by atoms with van der Waals surface area (Å²) in [6.45, 7) is 6.47. The Hall–Kier alpha value is -2.44. The highest BCUT2D eigenvalue weighted by atomic mass is 15.3. The van der Waals surface area contributed by atoms with Gasteiger partial charge in [-0.3, -0.25) is 4.98 Å². The van der Waals surface area contributed by atoms with Crippen molar-refractivity contribution in [1.82, 2.24) is 19.9 Å². The lowest BCUT2D eigenvalue weighted by Crippen LogP contribution is -2.47. The van der Waals surface area contributed by atoms with E-state index in [2.05, 4.69) is 42.0 Å². The molecule has 0 unspecified atom stereocenters. The Bertz CT molecular complexity index is 567. The van der Waals surface area contributed by atoms with Gasteiger partial charge in [-0.05, 0) is 13.0 Å². The minimum absolute atomic E-state index is 0.784. The second kappa shape index (κ2) is 6.34. The van der Waals surface area contributed by atoms with Crippen molar-refractivity contribution in [3.8, 4) is 0 Å². The van der Waals surface area contributed by atoms with E-state index < -0.39 is 0 Å². The minimum atomic E-state index is 0.784. The quantitative estimate of drug-likeness (QED) is 0.899. The molecular formula is C14H19N7. The van der Waals surface area contributed by atoms with Gasteiger partial charge in [0.05, 0.1) is 6.20 Å². The smallest absolute Gasteiger partial charge is 0.227 e. The lowest BCUT2D eigenvalue weighted by molar-refractivity contribution is 0.634. The molecule has 7 nitrogen and oxygen atoms in total. The van der Waals surface area contributed by atoms with E-state index in [0.29, 0.717) is 0 Å². The highest BCUT2D eigenvalue weighted by Gasteiger charge is 2.20. The highest BCUT2D eigenvalue weighted by Crippen LogP contribution is 2.16. The monoisotopic (exact) mass is 285 g/mol. The number of nitrogens with one attached hydrogen (secondary N) is 1. The van der Waals surface area contributed by atoms with Crippen molar-refractivity contribution in [2.75, 3.05) is 47.8 Å². The van der Waals surface area contributed by atoms with E-state index in [-0.39, 0.29) is 0 Å². The molecule has 3 rings (SSSR count). The van der Waals surface area contributed by atoms with Gasteiger partial charge in [0.2, 0.25) is 5.95 Å². The summed E-state index contributed by atoms with van der Waals surface area (Å²) in [5.41, 5.74) is 0. The third-order valence-corrected chi connectivity index (χ3v) is 3.44. The van der Waals surface area contributed by atoms with Crippen LogP contribution in [0.4, 0.5) is 17.6 Å². The number of nitrogens with zero attached hydrogens (tertiary/aromatic N) is 6. The van der Waals surface area contributed by atoms with Crippen LogP contribution in [0.5, 0.6) is 0 Å². The summed E-state index contributed by atoms with van der Waals surface area (Å²) < 4.78 is 0. The van der Waals surface area contributed by atoms with Gasteiger partial charge in [0.15, 0.2) is 0 Å². The van der Waals surface area contributed by atoms with Crippen LogP contribution in [0.1, 0.15) is 6.92 Å². The van der Waals surface area contributed by atoms with Crippen LogP contribution in [-0.4, -0.2) is 52.7 Å². The Morgan fingerprint density at radius 1 is 1.05 bits per heavy atom. The standard InChI is InChI=1S/C14H19N7/c1-2-16-12-3-4-18-14(19-12)21-9-7-20(8-10-21)13-11-15-5-6-17-13/h3-6,11H,2,7-10H2,1H3,(H,16,18,19). The maximum Gasteiger partial charge on any atom is 0.227 e. The molecule has 0 spiro atoms. The molecule has 2 aromatic heterocycles. The van der Waals surface area contributed by atoms with E-state index in [4.69, 9.17) is 0 Å². The van der Waals surface area contributed by atoms with Gasteiger partial charge >= 0.3 is 0 Å². The van der Waals surface area contributed by atoms with Crippen LogP contribution >= 0.6 is 0 Å². The predicted molar refractivity (Wildman–Crippen MR) is 82.7 cm³/mol. The van der Waals surface area contributed by atoms with Gasteiger partial charge in [0.1, 0.15) is 11.6 Å². The van der Waals surface area contributed by atoms with E-state index in [1.165, 1.54) is 0 Å². The van der Waals surface area contributed by atoms with Gasteiger partial charge in [-0.25, -0.2) is 9.97 Å². The molecule has 2 aromatic rings. The van der Waals surface area contributed by atoms with Crippen LogP contribution in [0.15, 0.2) is 30.9 Å². The van der Waals surface area contributed by atoms with E-state index in [9.17, 15) is 0 Å². The molecule has 110 valence electrons. The van der Waals surface area contributed by atoms with Crippen LogP contribution in [0.3, 0.4) is 0 Å². The zero-order chi connectivity index (χ0) is 14.5. The summed E-state index contributed by atoms with van der Waals surface area (Å²) in [6.07, 6.45) is 7.03. The number of rotatable bonds is 4. The zero-order valence-electron chi connectivity index (χ0n) is 12.1. The van der Waals surface area contributed by atoms with Crippen LogP contribution in [-0.2, 0) is 0 Å². The SMILES string of the molecule is CCNc1ccnc(N2CCN(c3cnccn3)CC2)n1. The number of hydrogen-bond acceptors (Lipinski definition) is 7. The van der Waals surface area contributed by atoms with Crippen molar-refractivity contribution in [2.45, 2.75) is 6.92 Å². The molecule has 1 N–H and O–H groups in total. The van der Waals surface area contributed by atoms with Crippen molar-refractivity contribution in [1.29, 1.82) is 0 Å². The van der Waals surface area contributed by atoms with Crippen molar-refractivity contribution < 1.29 is 0 Å². The Kier molecular flexibility index (Phi) is 4.09. The fourth-order valence-electron chi connectivity index (χ4n) is 2.37. The molecule has 0 aromatic carbocycles. The summed E-state index contributed by atoms with van der Waals surface area (Å²) in [5.74, 6) is 2.59. The molecule has 1 aliphatic heterocycles. The minimum Gasteiger partial charge on any atom is -0.370 e. The number of anilines is 3. The second-order valence-corrected chi connectivity index (χ2v) is 4.81. The van der Waals surface area contributed by atoms with Gasteiger partial charge in [-0.2, -0.15) is 4.98 Å². The molecule has 0 amide bonds. The van der Waals surface area contributed by atoms with E-state index in [1.54, 1.807) is 24.8 Å². The van der Waals surface area contributed by atoms with E-state index in [1.807, 2.05) is 6.07 Å². The van der Waals surface area contributed by atoms with Gasteiger partial charge in [-0.15, -0.1) is 0 Å². The van der Waals surface area contributed by atoms with Crippen LogP contribution in [0.2, 0.25) is 0 Å². The third kappa shape index (κ3) is 3.18. The number of piperazine rings is 1. The van der Waals surface area contributed by atoms with E-state index in [0.717, 1.165) is 50.3 Å². The molecule has 7 heteroatoms. The molecule has 0 radical (unpaired) electrons. The molecule has 0 saturated carbocycles. The maximum atomic E-state index is 4.54. The molecule has 0 bridgehead atoms. The second-order valence-electron chi connectivity index (χ2n) is 4.81. The van der Waals surface area contributed by atoms with Gasteiger partial charge in [-0.1, -0.05) is 0 Å². The summed E-state index contributed by atoms with van der Waals surface area (Å²) in [7, 11) is 0. The Labute approximate surface area is 124 Å². The van der Waals surface area contributed by atoms with Crippen LogP contribution < -0.4 is 15.1 Å². The third-order valence-electron chi connectivity index (χ3n) is 3.44. The molecule has 0 aliphatic carbocycles. The lowest BCUT2D eigenvalue weighted by atomic mass is 10.3. The van der Waals surface area contributed by atoms with Crippen LogP contribution in [0, 0.1) is 0 Å². The van der Waals surface area contributed by atoms with Crippen molar-refractivity contribution >= 4 is 17.6 Å². The summed E-state index contributed by atoms with van der Waals surface area (Å²) >= 11 is 0. The first-order chi connectivity index (χ1) is 10.4. The Morgan fingerprint density at radius 2 is 1.86 bits per heavy atom. The molecule has 3 heterocycles. The summed E-state index contributed by atoms with van der Waals surface area (Å²) in [6, 6.07) is 1.89. The molecule has 21 heavy (non-hydrogen) atoms. The average Bonchev–Trinajstić information content (AvgIpc) is 2.56. The molecule has 1 fully saturated rings. The first kappa shape index (κ1) is 13.5. The topological polar surface area (TPSA) is 70.1 Å². The fourth-order valence-corrected chi connectivity index (χ4v) is 2.37. The number of hydrogen-bond donors (Lipinski definition) is 1. The number of aromatic nitrogens is 4. The predicted octanol–water partition coefficient (Wildman–Crippen LogP) is 1.02. The largest absolute Gasteiger partial charge is 0.370 e. The van der Waals surface area contributed by atoms with Crippen molar-refractivity contribution in [3.63, 3.8) is 0 Å². The summed E-state index contributed by atoms with van der Waals surface area (Å²) in [4.78, 5) is 21.8. The maximum absolute atomic E-state index is 4.54. The summed E-state index contributed by atoms with van der Waals surface area (Å²) in [5, 5.41) is 3.22. The molecule has 0 atom stereocenters. The Morgan fingerprint density at radius 3 is 2.57 bits per heavy atom. The molecule has 1 saturated heterocycles. The molecular weight excluding hydrogens is 266 g/mol. The van der Waals surface area contributed by atoms with Gasteiger partial charge < -0.3 is 15.1 Å². The van der Waals surface area contributed by atoms with Gasteiger partial charge in [0, 0.05) is 51.3 Å². The normalized spacial score (nSPS) is 15.1. The van der Waals surface area contributed by atoms with Crippen molar-refractivity contribution in [3.05, 3.63) is 30.9 Å².